The quantitative estimate of drug-likeness (QED) is 0.819. The lowest BCUT2D eigenvalue weighted by atomic mass is 10.1. The van der Waals surface area contributed by atoms with E-state index in [0.717, 1.165) is 5.82 Å². The summed E-state index contributed by atoms with van der Waals surface area (Å²) >= 11 is 0. The number of sulfone groups is 1. The minimum Gasteiger partial charge on any atom is -0.367 e. The van der Waals surface area contributed by atoms with Crippen molar-refractivity contribution in [1.82, 2.24) is 4.98 Å². The molecule has 5 heteroatoms. The SMILES string of the molecule is O=S1(=O)CCC(Nc2ccccn2)CC1. The van der Waals surface area contributed by atoms with Gasteiger partial charge < -0.3 is 5.32 Å². The van der Waals surface area contributed by atoms with Gasteiger partial charge in [-0.3, -0.25) is 0 Å². The van der Waals surface area contributed by atoms with Crippen molar-refractivity contribution in [2.24, 2.45) is 0 Å². The Balaban J connectivity index is 1.93. The Morgan fingerprint density at radius 3 is 2.60 bits per heavy atom. The zero-order valence-corrected chi connectivity index (χ0v) is 9.20. The van der Waals surface area contributed by atoms with Crippen LogP contribution in [0.1, 0.15) is 12.8 Å². The van der Waals surface area contributed by atoms with Gasteiger partial charge in [0, 0.05) is 12.2 Å². The molecule has 0 bridgehead atoms. The summed E-state index contributed by atoms with van der Waals surface area (Å²) in [5.41, 5.74) is 0. The Bertz CT molecular complexity index is 402. The lowest BCUT2D eigenvalue weighted by Crippen LogP contribution is -2.32. The summed E-state index contributed by atoms with van der Waals surface area (Å²) in [4.78, 5) is 4.15. The molecular formula is C10H14N2O2S. The maximum Gasteiger partial charge on any atom is 0.150 e. The van der Waals surface area contributed by atoms with Crippen molar-refractivity contribution < 1.29 is 8.42 Å². The maximum atomic E-state index is 11.2. The molecule has 0 aromatic carbocycles. The lowest BCUT2D eigenvalue weighted by Gasteiger charge is -2.23. The summed E-state index contributed by atoms with van der Waals surface area (Å²) < 4.78 is 22.4. The molecule has 82 valence electrons. The predicted molar refractivity (Wildman–Crippen MR) is 59.5 cm³/mol. The summed E-state index contributed by atoms with van der Waals surface area (Å²) in [5, 5.41) is 3.24. The third-order valence-corrected chi connectivity index (χ3v) is 4.29. The van der Waals surface area contributed by atoms with E-state index >= 15 is 0 Å². The maximum absolute atomic E-state index is 11.2. The van der Waals surface area contributed by atoms with Crippen molar-refractivity contribution in [1.29, 1.82) is 0 Å². The van der Waals surface area contributed by atoms with Crippen molar-refractivity contribution in [3.05, 3.63) is 24.4 Å². The van der Waals surface area contributed by atoms with Crippen LogP contribution < -0.4 is 5.32 Å². The summed E-state index contributed by atoms with van der Waals surface area (Å²) in [6.45, 7) is 0. The van der Waals surface area contributed by atoms with Gasteiger partial charge in [-0.05, 0) is 25.0 Å². The molecular weight excluding hydrogens is 212 g/mol. The molecule has 1 N–H and O–H groups in total. The van der Waals surface area contributed by atoms with E-state index in [-0.39, 0.29) is 17.5 Å². The zero-order chi connectivity index (χ0) is 10.7. The molecule has 0 radical (unpaired) electrons. The van der Waals surface area contributed by atoms with Crippen LogP contribution in [0.25, 0.3) is 0 Å². The third-order valence-electron chi connectivity index (χ3n) is 2.57. The third kappa shape index (κ3) is 2.92. The molecule has 1 aliphatic rings. The number of pyridine rings is 1. The van der Waals surface area contributed by atoms with Gasteiger partial charge in [-0.15, -0.1) is 0 Å². The summed E-state index contributed by atoms with van der Waals surface area (Å²) in [6, 6.07) is 5.90. The van der Waals surface area contributed by atoms with E-state index in [0.29, 0.717) is 12.8 Å². The molecule has 1 aliphatic heterocycles. The molecule has 4 nitrogen and oxygen atoms in total. The summed E-state index contributed by atoms with van der Waals surface area (Å²) in [7, 11) is -2.77. The number of rotatable bonds is 2. The lowest BCUT2D eigenvalue weighted by molar-refractivity contribution is 0.559. The standard InChI is InChI=1S/C10H14N2O2S/c13-15(14)7-4-9(5-8-15)12-10-3-1-2-6-11-10/h1-3,6,9H,4-5,7-8H2,(H,11,12). The molecule has 1 fully saturated rings. The first-order valence-electron chi connectivity index (χ1n) is 5.04. The van der Waals surface area contributed by atoms with Gasteiger partial charge in [-0.2, -0.15) is 0 Å². The minimum atomic E-state index is -2.77. The second-order valence-electron chi connectivity index (χ2n) is 3.79. The highest BCUT2D eigenvalue weighted by atomic mass is 32.2. The highest BCUT2D eigenvalue weighted by Gasteiger charge is 2.23. The fourth-order valence-corrected chi connectivity index (χ4v) is 3.18. The van der Waals surface area contributed by atoms with Crippen molar-refractivity contribution >= 4 is 15.7 Å². The van der Waals surface area contributed by atoms with Gasteiger partial charge in [0.2, 0.25) is 0 Å². The van der Waals surface area contributed by atoms with E-state index in [4.69, 9.17) is 0 Å². The normalized spacial score (nSPS) is 21.1. The molecule has 0 unspecified atom stereocenters. The Labute approximate surface area is 89.6 Å². The average molecular weight is 226 g/mol. The Hall–Kier alpha value is -1.10. The predicted octanol–water partition coefficient (Wildman–Crippen LogP) is 1.07. The van der Waals surface area contributed by atoms with E-state index < -0.39 is 9.84 Å². The van der Waals surface area contributed by atoms with Crippen LogP contribution in [0.4, 0.5) is 5.82 Å². The van der Waals surface area contributed by atoms with Gasteiger partial charge in [-0.25, -0.2) is 13.4 Å². The minimum absolute atomic E-state index is 0.239. The molecule has 0 atom stereocenters. The molecule has 0 amide bonds. The van der Waals surface area contributed by atoms with E-state index in [1.807, 2.05) is 18.2 Å². The Morgan fingerprint density at radius 1 is 1.27 bits per heavy atom. The number of hydrogen-bond donors (Lipinski definition) is 1. The fraction of sp³-hybridized carbons (Fsp3) is 0.500. The van der Waals surface area contributed by atoms with Crippen LogP contribution in [0.3, 0.4) is 0 Å². The van der Waals surface area contributed by atoms with Gasteiger partial charge in [-0.1, -0.05) is 6.07 Å². The first-order chi connectivity index (χ1) is 7.16. The molecule has 1 aromatic heterocycles. The van der Waals surface area contributed by atoms with Gasteiger partial charge in [0.1, 0.15) is 15.7 Å². The number of nitrogens with zero attached hydrogens (tertiary/aromatic N) is 1. The van der Waals surface area contributed by atoms with Gasteiger partial charge >= 0.3 is 0 Å². The van der Waals surface area contributed by atoms with Crippen molar-refractivity contribution in [3.8, 4) is 0 Å². The van der Waals surface area contributed by atoms with Crippen molar-refractivity contribution in [2.75, 3.05) is 16.8 Å². The van der Waals surface area contributed by atoms with Crippen LogP contribution >= 0.6 is 0 Å². The van der Waals surface area contributed by atoms with Crippen LogP contribution in [0, 0.1) is 0 Å². The van der Waals surface area contributed by atoms with E-state index in [1.54, 1.807) is 6.20 Å². The average Bonchev–Trinajstić information content (AvgIpc) is 2.23. The smallest absolute Gasteiger partial charge is 0.150 e. The van der Waals surface area contributed by atoms with Crippen LogP contribution in [-0.2, 0) is 9.84 Å². The molecule has 2 heterocycles. The van der Waals surface area contributed by atoms with E-state index in [2.05, 4.69) is 10.3 Å². The summed E-state index contributed by atoms with van der Waals surface area (Å²) in [5.74, 6) is 1.40. The van der Waals surface area contributed by atoms with Crippen LogP contribution in [-0.4, -0.2) is 30.9 Å². The van der Waals surface area contributed by atoms with Gasteiger partial charge in [0.05, 0.1) is 11.5 Å². The first kappa shape index (κ1) is 10.4. The second kappa shape index (κ2) is 4.18. The zero-order valence-electron chi connectivity index (χ0n) is 8.39. The Kier molecular flexibility index (Phi) is 2.90. The van der Waals surface area contributed by atoms with Crippen LogP contribution in [0.15, 0.2) is 24.4 Å². The van der Waals surface area contributed by atoms with Gasteiger partial charge in [0.15, 0.2) is 0 Å². The highest BCUT2D eigenvalue weighted by Crippen LogP contribution is 2.16. The number of hydrogen-bond acceptors (Lipinski definition) is 4. The molecule has 0 spiro atoms. The van der Waals surface area contributed by atoms with E-state index in [1.165, 1.54) is 0 Å². The van der Waals surface area contributed by atoms with Crippen LogP contribution in [0.2, 0.25) is 0 Å². The van der Waals surface area contributed by atoms with Crippen LogP contribution in [0.5, 0.6) is 0 Å². The first-order valence-corrected chi connectivity index (χ1v) is 6.86. The molecule has 15 heavy (non-hydrogen) atoms. The number of aromatic nitrogens is 1. The summed E-state index contributed by atoms with van der Waals surface area (Å²) in [6.07, 6.45) is 3.08. The van der Waals surface area contributed by atoms with Crippen molar-refractivity contribution in [2.45, 2.75) is 18.9 Å². The Morgan fingerprint density at radius 2 is 2.00 bits per heavy atom. The largest absolute Gasteiger partial charge is 0.367 e. The van der Waals surface area contributed by atoms with Crippen molar-refractivity contribution in [3.63, 3.8) is 0 Å². The molecule has 0 aliphatic carbocycles. The monoisotopic (exact) mass is 226 g/mol. The molecule has 1 saturated heterocycles. The topological polar surface area (TPSA) is 59.1 Å². The fourth-order valence-electron chi connectivity index (χ4n) is 1.69. The molecule has 0 saturated carbocycles. The van der Waals surface area contributed by atoms with Gasteiger partial charge in [0.25, 0.3) is 0 Å². The number of anilines is 1. The second-order valence-corrected chi connectivity index (χ2v) is 6.09. The molecule has 2 rings (SSSR count). The van der Waals surface area contributed by atoms with E-state index in [9.17, 15) is 8.42 Å². The highest BCUT2D eigenvalue weighted by molar-refractivity contribution is 7.91. The molecule has 1 aromatic rings. The number of nitrogens with one attached hydrogen (secondary N) is 1.